The second-order valence-electron chi connectivity index (χ2n) is 4.30. The first-order chi connectivity index (χ1) is 6.09. The van der Waals surface area contributed by atoms with E-state index in [9.17, 15) is 0 Å². The van der Waals surface area contributed by atoms with Crippen molar-refractivity contribution in [3.63, 3.8) is 0 Å². The van der Waals surface area contributed by atoms with Crippen molar-refractivity contribution in [1.29, 1.82) is 5.41 Å². The Kier molecular flexibility index (Phi) is 3.72. The number of rotatable bonds is 3. The molecule has 0 radical (unpaired) electrons. The van der Waals surface area contributed by atoms with Crippen LogP contribution in [0.2, 0.25) is 0 Å². The maximum Gasteiger partial charge on any atom is 0.0908 e. The molecule has 0 aromatic rings. The number of nitrogens with one attached hydrogen (secondary N) is 1. The van der Waals surface area contributed by atoms with Crippen LogP contribution >= 0.6 is 0 Å². The average molecular weight is 183 g/mol. The molecule has 0 saturated carbocycles. The van der Waals surface area contributed by atoms with Crippen molar-refractivity contribution in [1.82, 2.24) is 4.90 Å². The predicted octanol–water partition coefficient (Wildman–Crippen LogP) is 1.43. The lowest BCUT2D eigenvalue weighted by Gasteiger charge is -2.34. The van der Waals surface area contributed by atoms with Gasteiger partial charge in [0.2, 0.25) is 0 Å². The Labute approximate surface area is 80.8 Å². The molecular weight excluding hydrogens is 162 g/mol. The summed E-state index contributed by atoms with van der Waals surface area (Å²) >= 11 is 0. The summed E-state index contributed by atoms with van der Waals surface area (Å²) in [6.07, 6.45) is 3.21. The summed E-state index contributed by atoms with van der Waals surface area (Å²) in [6, 6.07) is 0.665. The lowest BCUT2D eigenvalue weighted by Crippen LogP contribution is -2.39. The van der Waals surface area contributed by atoms with E-state index in [0.29, 0.717) is 17.8 Å². The summed E-state index contributed by atoms with van der Waals surface area (Å²) in [4.78, 5) is 2.50. The molecule has 1 aliphatic rings. The van der Waals surface area contributed by atoms with Gasteiger partial charge in [-0.25, -0.2) is 0 Å². The summed E-state index contributed by atoms with van der Waals surface area (Å²) in [5, 5.41) is 7.23. The van der Waals surface area contributed by atoms with Crippen LogP contribution in [0, 0.1) is 11.3 Å². The van der Waals surface area contributed by atoms with Crippen LogP contribution in [0.4, 0.5) is 0 Å². The van der Waals surface area contributed by atoms with E-state index in [1.165, 1.54) is 25.9 Å². The summed E-state index contributed by atoms with van der Waals surface area (Å²) in [6.45, 7) is 6.84. The van der Waals surface area contributed by atoms with Gasteiger partial charge in [0, 0.05) is 12.5 Å². The Morgan fingerprint density at radius 2 is 2.00 bits per heavy atom. The monoisotopic (exact) mass is 183 g/mol. The molecule has 1 fully saturated rings. The number of hydrogen-bond donors (Lipinski definition) is 2. The lowest BCUT2D eigenvalue weighted by atomic mass is 9.92. The van der Waals surface area contributed by atoms with E-state index in [1.54, 1.807) is 0 Å². The molecule has 0 spiro atoms. The van der Waals surface area contributed by atoms with E-state index in [-0.39, 0.29) is 0 Å². The summed E-state index contributed by atoms with van der Waals surface area (Å²) < 4.78 is 0. The zero-order chi connectivity index (χ0) is 9.84. The van der Waals surface area contributed by atoms with Gasteiger partial charge >= 0.3 is 0 Å². The minimum atomic E-state index is 0.350. The van der Waals surface area contributed by atoms with Crippen molar-refractivity contribution in [2.24, 2.45) is 11.7 Å². The van der Waals surface area contributed by atoms with E-state index in [2.05, 4.69) is 18.7 Å². The molecule has 1 heterocycles. The molecule has 3 nitrogen and oxygen atoms in total. The van der Waals surface area contributed by atoms with Gasteiger partial charge in [0.25, 0.3) is 0 Å². The third-order valence-electron chi connectivity index (χ3n) is 2.89. The standard InChI is InChI=1S/C10H21N3/c1-8(2)13-5-3-9(4-6-13)7-10(11)12/h8-9H,3-7H2,1-2H3,(H3,11,12). The maximum absolute atomic E-state index is 7.23. The Morgan fingerprint density at radius 3 is 2.38 bits per heavy atom. The minimum absolute atomic E-state index is 0.350. The molecule has 1 saturated heterocycles. The van der Waals surface area contributed by atoms with Crippen LogP contribution in [0.1, 0.15) is 33.1 Å². The van der Waals surface area contributed by atoms with Crippen LogP contribution < -0.4 is 5.73 Å². The van der Waals surface area contributed by atoms with Crippen molar-refractivity contribution in [2.45, 2.75) is 39.2 Å². The third kappa shape index (κ3) is 3.35. The van der Waals surface area contributed by atoms with Crippen LogP contribution in [0.15, 0.2) is 0 Å². The van der Waals surface area contributed by atoms with Crippen LogP contribution in [-0.2, 0) is 0 Å². The van der Waals surface area contributed by atoms with Crippen LogP contribution in [-0.4, -0.2) is 29.9 Å². The number of nitrogens with two attached hydrogens (primary N) is 1. The highest BCUT2D eigenvalue weighted by molar-refractivity contribution is 5.77. The first kappa shape index (κ1) is 10.5. The molecule has 0 bridgehead atoms. The van der Waals surface area contributed by atoms with Gasteiger partial charge in [0.15, 0.2) is 0 Å². The first-order valence-corrected chi connectivity index (χ1v) is 5.16. The van der Waals surface area contributed by atoms with Crippen molar-refractivity contribution in [3.05, 3.63) is 0 Å². The Hall–Kier alpha value is -0.570. The zero-order valence-electron chi connectivity index (χ0n) is 8.71. The van der Waals surface area contributed by atoms with E-state index < -0.39 is 0 Å². The van der Waals surface area contributed by atoms with Crippen LogP contribution in [0.25, 0.3) is 0 Å². The van der Waals surface area contributed by atoms with Gasteiger partial charge in [0.05, 0.1) is 5.84 Å². The maximum atomic E-state index is 7.23. The smallest absolute Gasteiger partial charge is 0.0908 e. The van der Waals surface area contributed by atoms with Gasteiger partial charge in [-0.1, -0.05) is 0 Å². The molecule has 1 rings (SSSR count). The molecule has 3 N–H and O–H groups in total. The molecule has 0 unspecified atom stereocenters. The minimum Gasteiger partial charge on any atom is -0.388 e. The molecule has 13 heavy (non-hydrogen) atoms. The fraction of sp³-hybridized carbons (Fsp3) is 0.900. The molecule has 0 aromatic carbocycles. The molecule has 3 heteroatoms. The fourth-order valence-electron chi connectivity index (χ4n) is 1.98. The molecule has 1 aliphatic heterocycles. The van der Waals surface area contributed by atoms with Gasteiger partial charge in [0.1, 0.15) is 0 Å². The molecule has 0 aromatic heterocycles. The molecule has 0 atom stereocenters. The van der Waals surface area contributed by atoms with Crippen LogP contribution in [0.3, 0.4) is 0 Å². The zero-order valence-corrected chi connectivity index (χ0v) is 8.71. The Morgan fingerprint density at radius 1 is 1.46 bits per heavy atom. The fourth-order valence-corrected chi connectivity index (χ4v) is 1.98. The van der Waals surface area contributed by atoms with E-state index in [0.717, 1.165) is 6.42 Å². The number of hydrogen-bond acceptors (Lipinski definition) is 2. The van der Waals surface area contributed by atoms with Gasteiger partial charge in [-0.2, -0.15) is 0 Å². The van der Waals surface area contributed by atoms with Crippen molar-refractivity contribution >= 4 is 5.84 Å². The summed E-state index contributed by atoms with van der Waals surface area (Å²) in [5.41, 5.74) is 5.39. The highest BCUT2D eigenvalue weighted by Gasteiger charge is 2.20. The summed E-state index contributed by atoms with van der Waals surface area (Å²) in [7, 11) is 0. The highest BCUT2D eigenvalue weighted by atomic mass is 15.1. The third-order valence-corrected chi connectivity index (χ3v) is 2.89. The van der Waals surface area contributed by atoms with Gasteiger partial charge in [-0.05, 0) is 45.7 Å². The molecule has 0 aliphatic carbocycles. The predicted molar refractivity (Wildman–Crippen MR) is 56.0 cm³/mol. The van der Waals surface area contributed by atoms with Gasteiger partial charge < -0.3 is 10.6 Å². The SMILES string of the molecule is CC(C)N1CCC(CC(=N)N)CC1. The number of likely N-dealkylation sites (tertiary alicyclic amines) is 1. The second kappa shape index (κ2) is 4.61. The Balaban J connectivity index is 2.26. The Bertz CT molecular complexity index is 169. The van der Waals surface area contributed by atoms with Gasteiger partial charge in [-0.15, -0.1) is 0 Å². The largest absolute Gasteiger partial charge is 0.388 e. The number of nitrogens with zero attached hydrogens (tertiary/aromatic N) is 1. The van der Waals surface area contributed by atoms with E-state index >= 15 is 0 Å². The van der Waals surface area contributed by atoms with Crippen molar-refractivity contribution in [3.8, 4) is 0 Å². The summed E-state index contributed by atoms with van der Waals surface area (Å²) in [5.74, 6) is 1.01. The van der Waals surface area contributed by atoms with E-state index in [1.807, 2.05) is 0 Å². The van der Waals surface area contributed by atoms with Crippen LogP contribution in [0.5, 0.6) is 0 Å². The highest BCUT2D eigenvalue weighted by Crippen LogP contribution is 2.21. The van der Waals surface area contributed by atoms with Gasteiger partial charge in [-0.3, -0.25) is 5.41 Å². The number of piperidine rings is 1. The lowest BCUT2D eigenvalue weighted by molar-refractivity contribution is 0.152. The van der Waals surface area contributed by atoms with E-state index in [4.69, 9.17) is 11.1 Å². The van der Waals surface area contributed by atoms with Crippen molar-refractivity contribution in [2.75, 3.05) is 13.1 Å². The second-order valence-corrected chi connectivity index (χ2v) is 4.30. The first-order valence-electron chi connectivity index (χ1n) is 5.16. The quantitative estimate of drug-likeness (QED) is 0.514. The normalized spacial score (nSPS) is 20.8. The average Bonchev–Trinajstić information content (AvgIpc) is 2.04. The van der Waals surface area contributed by atoms with Crippen molar-refractivity contribution < 1.29 is 0 Å². The topological polar surface area (TPSA) is 53.1 Å². The molecule has 0 amide bonds. The number of amidine groups is 1. The molecule has 76 valence electrons. The molecular formula is C10H21N3.